The number of nitrogens with zero attached hydrogens (tertiary/aromatic N) is 3. The number of nitrogens with one attached hydrogen (secondary N) is 1. The molecule has 0 bridgehead atoms. The molecule has 6 heteroatoms. The zero-order valence-electron chi connectivity index (χ0n) is 14.2. The number of rotatable bonds is 2. The summed E-state index contributed by atoms with van der Waals surface area (Å²) in [7, 11) is 0. The third-order valence-corrected chi connectivity index (χ3v) is 4.53. The predicted octanol–water partition coefficient (Wildman–Crippen LogP) is 2.82. The van der Waals surface area contributed by atoms with Crippen LogP contribution >= 0.6 is 0 Å². The van der Waals surface area contributed by atoms with E-state index in [9.17, 15) is 4.79 Å². The van der Waals surface area contributed by atoms with Crippen LogP contribution < -0.4 is 11.1 Å². The van der Waals surface area contributed by atoms with Crippen LogP contribution in [0.2, 0.25) is 0 Å². The van der Waals surface area contributed by atoms with Gasteiger partial charge in [0, 0.05) is 16.8 Å². The van der Waals surface area contributed by atoms with E-state index in [1.165, 1.54) is 5.56 Å². The molecule has 2 aromatic rings. The molecule has 2 aliphatic rings. The fourth-order valence-electron chi connectivity index (χ4n) is 3.20. The first-order valence-corrected chi connectivity index (χ1v) is 8.18. The van der Waals surface area contributed by atoms with E-state index < -0.39 is 0 Å². The van der Waals surface area contributed by atoms with Crippen LogP contribution in [0.4, 0.5) is 10.7 Å². The number of hydrogen-bond acceptors (Lipinski definition) is 4. The third-order valence-electron chi connectivity index (χ3n) is 4.53. The van der Waals surface area contributed by atoms with Gasteiger partial charge in [0.1, 0.15) is 0 Å². The minimum Gasteiger partial charge on any atom is -0.368 e. The number of fused-ring (bicyclic) bond motifs is 1. The van der Waals surface area contributed by atoms with Crippen molar-refractivity contribution >= 4 is 12.0 Å². The van der Waals surface area contributed by atoms with Gasteiger partial charge in [-0.25, -0.2) is 14.8 Å². The summed E-state index contributed by atoms with van der Waals surface area (Å²) in [5.41, 5.74) is 12.7. The fraction of sp³-hybridized carbons (Fsp3) is 0.211. The van der Waals surface area contributed by atoms with Gasteiger partial charge in [0.05, 0.1) is 24.5 Å². The molecule has 0 saturated carbocycles. The predicted molar refractivity (Wildman–Crippen MR) is 96.4 cm³/mol. The normalized spacial score (nSPS) is 14.8. The van der Waals surface area contributed by atoms with Crippen LogP contribution in [-0.4, -0.2) is 20.9 Å². The molecule has 0 spiro atoms. The average molecular weight is 333 g/mol. The molecule has 1 aromatic carbocycles. The van der Waals surface area contributed by atoms with E-state index in [1.807, 2.05) is 18.2 Å². The fourth-order valence-corrected chi connectivity index (χ4v) is 3.20. The van der Waals surface area contributed by atoms with Crippen LogP contribution in [0.25, 0.3) is 11.3 Å². The molecule has 0 fully saturated rings. The minimum atomic E-state index is -0.140. The molecule has 2 heterocycles. The number of carbonyl (C=O) groups excluding carboxylic acids is 1. The summed E-state index contributed by atoms with van der Waals surface area (Å²) in [6, 6.07) is 6.09. The van der Waals surface area contributed by atoms with E-state index >= 15 is 0 Å². The summed E-state index contributed by atoms with van der Waals surface area (Å²) in [6.07, 6.45) is 5.61. The number of nitrogen functional groups attached to an aromatic ring is 1. The molecular weight excluding hydrogens is 314 g/mol. The van der Waals surface area contributed by atoms with E-state index in [4.69, 9.17) is 5.73 Å². The van der Waals surface area contributed by atoms with Gasteiger partial charge in [0.2, 0.25) is 5.95 Å². The summed E-state index contributed by atoms with van der Waals surface area (Å²) >= 11 is 0. The van der Waals surface area contributed by atoms with Gasteiger partial charge in [-0.05, 0) is 31.6 Å². The Morgan fingerprint density at radius 3 is 2.72 bits per heavy atom. The Balaban J connectivity index is 1.68. The van der Waals surface area contributed by atoms with Crippen molar-refractivity contribution in [3.63, 3.8) is 0 Å². The Morgan fingerprint density at radius 1 is 1.24 bits per heavy atom. The highest BCUT2D eigenvalue weighted by Crippen LogP contribution is 2.33. The number of urea groups is 1. The quantitative estimate of drug-likeness (QED) is 0.885. The molecule has 1 aliphatic heterocycles. The van der Waals surface area contributed by atoms with Crippen molar-refractivity contribution < 1.29 is 4.79 Å². The molecule has 0 saturated heterocycles. The second-order valence-electron chi connectivity index (χ2n) is 6.44. The number of aromatic nitrogens is 2. The number of aryl methyl sites for hydroxylation is 2. The van der Waals surface area contributed by atoms with Gasteiger partial charge in [-0.2, -0.15) is 0 Å². The Bertz CT molecular complexity index is 945. The molecule has 4 rings (SSSR count). The van der Waals surface area contributed by atoms with Gasteiger partial charge in [-0.15, -0.1) is 0 Å². The molecular formula is C19H19N5O. The summed E-state index contributed by atoms with van der Waals surface area (Å²) in [6.45, 7) is 5.02. The summed E-state index contributed by atoms with van der Waals surface area (Å²) < 4.78 is 0. The number of benzene rings is 1. The lowest BCUT2D eigenvalue weighted by molar-refractivity contribution is 0.201. The summed E-state index contributed by atoms with van der Waals surface area (Å²) in [4.78, 5) is 23.0. The molecule has 6 nitrogen and oxygen atoms in total. The van der Waals surface area contributed by atoms with Crippen LogP contribution in [0.3, 0.4) is 0 Å². The molecule has 1 aliphatic carbocycles. The number of carbonyl (C=O) groups is 1. The highest BCUT2D eigenvalue weighted by atomic mass is 16.2. The highest BCUT2D eigenvalue weighted by molar-refractivity contribution is 5.79. The molecule has 0 unspecified atom stereocenters. The number of amides is 2. The zero-order valence-corrected chi connectivity index (χ0v) is 14.2. The van der Waals surface area contributed by atoms with E-state index in [1.54, 1.807) is 4.90 Å². The van der Waals surface area contributed by atoms with Crippen molar-refractivity contribution in [2.24, 2.45) is 0 Å². The van der Waals surface area contributed by atoms with Crippen LogP contribution in [0.15, 0.2) is 42.1 Å². The lowest BCUT2D eigenvalue weighted by Crippen LogP contribution is -2.36. The smallest absolute Gasteiger partial charge is 0.322 e. The van der Waals surface area contributed by atoms with Gasteiger partial charge in [-0.1, -0.05) is 29.8 Å². The first kappa shape index (κ1) is 15.4. The van der Waals surface area contributed by atoms with Crippen molar-refractivity contribution in [1.29, 1.82) is 0 Å². The van der Waals surface area contributed by atoms with Gasteiger partial charge < -0.3 is 16.0 Å². The molecule has 1 aromatic heterocycles. The zero-order chi connectivity index (χ0) is 17.6. The standard InChI is InChI=1S/C19H19N5O/c1-11-6-7-14(12(2)8-11)17-15-9-24(10-16(15)22-18(20)23-17)19(25)21-13-4-3-5-13/h3-8H,9-10H2,1-2H3,(H,21,25)(H2,20,22,23). The van der Waals surface area contributed by atoms with Crippen molar-refractivity contribution in [3.05, 3.63) is 64.5 Å². The minimum absolute atomic E-state index is 0.140. The number of allylic oxidation sites excluding steroid dienone is 3. The SMILES string of the molecule is Cc1ccc(-c2nc(N)nc3c2CN(C(=O)NC2=CC=C2)C3)c(C)c1. The van der Waals surface area contributed by atoms with Crippen molar-refractivity contribution in [3.8, 4) is 11.3 Å². The number of anilines is 1. The second-order valence-corrected chi connectivity index (χ2v) is 6.44. The molecule has 2 amide bonds. The van der Waals surface area contributed by atoms with Gasteiger partial charge in [0.15, 0.2) is 0 Å². The molecule has 25 heavy (non-hydrogen) atoms. The van der Waals surface area contributed by atoms with Gasteiger partial charge in [0.25, 0.3) is 0 Å². The lowest BCUT2D eigenvalue weighted by Gasteiger charge is -2.18. The van der Waals surface area contributed by atoms with E-state index in [0.29, 0.717) is 13.1 Å². The van der Waals surface area contributed by atoms with Crippen molar-refractivity contribution in [1.82, 2.24) is 20.2 Å². The largest absolute Gasteiger partial charge is 0.368 e. The van der Waals surface area contributed by atoms with Crippen LogP contribution in [0, 0.1) is 13.8 Å². The maximum atomic E-state index is 12.4. The monoisotopic (exact) mass is 333 g/mol. The topological polar surface area (TPSA) is 84.1 Å². The van der Waals surface area contributed by atoms with E-state index in [-0.39, 0.29) is 12.0 Å². The summed E-state index contributed by atoms with van der Waals surface area (Å²) in [5, 5.41) is 2.87. The maximum Gasteiger partial charge on any atom is 0.322 e. The molecule has 3 N–H and O–H groups in total. The first-order valence-electron chi connectivity index (χ1n) is 8.18. The summed E-state index contributed by atoms with van der Waals surface area (Å²) in [5.74, 6) is 0.237. The number of hydrogen-bond donors (Lipinski definition) is 2. The van der Waals surface area contributed by atoms with Crippen molar-refractivity contribution in [2.75, 3.05) is 5.73 Å². The Kier molecular flexibility index (Phi) is 3.53. The first-order chi connectivity index (χ1) is 12.0. The average Bonchev–Trinajstić information content (AvgIpc) is 2.94. The Hall–Kier alpha value is -3.15. The molecule has 0 radical (unpaired) electrons. The van der Waals surface area contributed by atoms with Gasteiger partial charge in [-0.3, -0.25) is 0 Å². The number of nitrogens with two attached hydrogens (primary N) is 1. The maximum absolute atomic E-state index is 12.4. The Morgan fingerprint density at radius 2 is 2.04 bits per heavy atom. The lowest BCUT2D eigenvalue weighted by atomic mass is 9.99. The highest BCUT2D eigenvalue weighted by Gasteiger charge is 2.29. The Labute approximate surface area is 146 Å². The van der Waals surface area contributed by atoms with Gasteiger partial charge >= 0.3 is 6.03 Å². The molecule has 0 atom stereocenters. The third kappa shape index (κ3) is 2.76. The molecule has 126 valence electrons. The van der Waals surface area contributed by atoms with Crippen LogP contribution in [0.1, 0.15) is 22.4 Å². The van der Waals surface area contributed by atoms with E-state index in [2.05, 4.69) is 47.3 Å². The van der Waals surface area contributed by atoms with Crippen LogP contribution in [-0.2, 0) is 13.1 Å². The van der Waals surface area contributed by atoms with Crippen LogP contribution in [0.5, 0.6) is 0 Å². The second kappa shape index (κ2) is 5.73. The van der Waals surface area contributed by atoms with E-state index in [0.717, 1.165) is 33.8 Å². The van der Waals surface area contributed by atoms with Crippen molar-refractivity contribution in [2.45, 2.75) is 26.9 Å².